The van der Waals surface area contributed by atoms with Crippen molar-refractivity contribution >= 4 is 17.9 Å². The van der Waals surface area contributed by atoms with Crippen LogP contribution in [0.4, 0.5) is 0 Å². The number of phenols is 3. The van der Waals surface area contributed by atoms with Crippen molar-refractivity contribution in [3.05, 3.63) is 128 Å². The summed E-state index contributed by atoms with van der Waals surface area (Å²) >= 11 is 0. The van der Waals surface area contributed by atoms with E-state index in [1.165, 1.54) is 6.08 Å². The van der Waals surface area contributed by atoms with Crippen molar-refractivity contribution < 1.29 is 62.9 Å². The molecule has 1 spiro atoms. The number of ether oxygens (including phenoxy) is 7. The van der Waals surface area contributed by atoms with Crippen LogP contribution in [0.3, 0.4) is 0 Å². The Morgan fingerprint density at radius 2 is 0.878 bits per heavy atom. The predicted molar refractivity (Wildman–Crippen MR) is 323 cm³/mol. The van der Waals surface area contributed by atoms with Gasteiger partial charge in [0.1, 0.15) is 36.2 Å². The summed E-state index contributed by atoms with van der Waals surface area (Å²) in [4.78, 5) is 37.6. The lowest BCUT2D eigenvalue weighted by Crippen LogP contribution is -2.57. The monoisotopic (exact) mass is 1130 g/mol. The van der Waals surface area contributed by atoms with Gasteiger partial charge < -0.3 is 48.5 Å². The van der Waals surface area contributed by atoms with Crippen molar-refractivity contribution in [3.8, 4) is 23.0 Å². The molecule has 2 aliphatic heterocycles. The standard InChI is InChI=1S/C43H64O10.C26H34O3/c1-27-17-29(19-31(35(27)46)39(3,4)5)13-15-33(44)48-21-41(9,10)37-50-23-43(24-51-37)25-52-38(53-26-43)42(11,12)22-49-34(45)16-14-30-18-28(2)36(47)32(20-30)40(6,7)8;1-10-22(27)29-24-19(12-17(3)14-21(24)26(7,8)9)15-18-11-16(2)13-20(23(18)28)25(4,5)6/h17-20,37-38,46-47H,13-16,21-26H2,1-12H3;10-14,28H,1,15H2,2-9H3. The van der Waals surface area contributed by atoms with Crippen molar-refractivity contribution in [3.63, 3.8) is 0 Å². The maximum absolute atomic E-state index is 12.7. The Morgan fingerprint density at radius 1 is 0.524 bits per heavy atom. The molecule has 6 rings (SSSR count). The normalized spacial score (nSPS) is 18.1. The third kappa shape index (κ3) is 17.7. The maximum atomic E-state index is 12.7. The third-order valence-corrected chi connectivity index (χ3v) is 15.2. The number of rotatable bonds is 16. The highest BCUT2D eigenvalue weighted by Gasteiger charge is 2.48. The Labute approximate surface area is 490 Å². The molecule has 13 nitrogen and oxygen atoms in total. The number of hydrogen-bond acceptors (Lipinski definition) is 13. The molecule has 3 N–H and O–H groups in total. The Hall–Kier alpha value is -5.73. The van der Waals surface area contributed by atoms with Crippen LogP contribution in [0.25, 0.3) is 0 Å². The van der Waals surface area contributed by atoms with Crippen LogP contribution in [0.5, 0.6) is 23.0 Å². The Morgan fingerprint density at radius 3 is 1.24 bits per heavy atom. The molecule has 2 fully saturated rings. The van der Waals surface area contributed by atoms with Crippen LogP contribution in [0.1, 0.15) is 190 Å². The SMILES string of the molecule is C=CC(=O)Oc1c(Cc2cc(C)cc(C(C)(C)C)c2O)cc(C)cc1C(C)(C)C.Cc1cc(CCC(=O)OCC(C)(C)C2OCC3(CO2)COC(C(C)(C)COC(=O)CCc2cc(C)c(O)c(C(C)(C)C)c2)OC3)cc(C(C)(C)C)c1O. The molecule has 2 heterocycles. The van der Waals surface area contributed by atoms with Crippen LogP contribution in [-0.2, 0) is 83.7 Å². The molecule has 0 aliphatic carbocycles. The van der Waals surface area contributed by atoms with Gasteiger partial charge in [-0.3, -0.25) is 9.59 Å². The molecular weight excluding hydrogens is 1040 g/mol. The number of esters is 3. The molecule has 2 aliphatic rings. The maximum Gasteiger partial charge on any atom is 0.335 e. The Balaban J connectivity index is 0.000000358. The Bertz CT molecular complexity index is 2790. The van der Waals surface area contributed by atoms with Crippen LogP contribution in [0.15, 0.2) is 61.2 Å². The second-order valence-electron chi connectivity index (χ2n) is 28.7. The van der Waals surface area contributed by atoms with E-state index in [1.807, 2.05) is 97.9 Å². The number of carbonyl (C=O) groups is 3. The fourth-order valence-electron chi connectivity index (χ4n) is 10.3. The number of hydrogen-bond donors (Lipinski definition) is 3. The average Bonchev–Trinajstić information content (AvgIpc) is 3.56. The first-order valence-corrected chi connectivity index (χ1v) is 28.9. The molecule has 82 heavy (non-hydrogen) atoms. The zero-order valence-electron chi connectivity index (χ0n) is 53.3. The lowest BCUT2D eigenvalue weighted by atomic mass is 9.81. The van der Waals surface area contributed by atoms with E-state index < -0.39 is 34.8 Å². The average molecular weight is 1140 g/mol. The minimum absolute atomic E-state index is 0.139. The molecule has 0 aromatic heterocycles. The molecule has 4 aromatic carbocycles. The summed E-state index contributed by atoms with van der Waals surface area (Å²) in [5.41, 5.74) is 8.60. The topological polar surface area (TPSA) is 177 Å². The summed E-state index contributed by atoms with van der Waals surface area (Å²) in [5, 5.41) is 32.0. The fraction of sp³-hybridized carbons (Fsp3) is 0.580. The second-order valence-corrected chi connectivity index (χ2v) is 28.7. The van der Waals surface area contributed by atoms with Gasteiger partial charge in [0.25, 0.3) is 0 Å². The highest BCUT2D eigenvalue weighted by atomic mass is 16.7. The van der Waals surface area contributed by atoms with E-state index >= 15 is 0 Å². The van der Waals surface area contributed by atoms with Gasteiger partial charge in [0.05, 0.1) is 31.8 Å². The van der Waals surface area contributed by atoms with Crippen LogP contribution in [0, 0.1) is 43.9 Å². The first-order chi connectivity index (χ1) is 37.7. The largest absolute Gasteiger partial charge is 0.507 e. The van der Waals surface area contributed by atoms with Gasteiger partial charge in [0.15, 0.2) is 12.6 Å². The highest BCUT2D eigenvalue weighted by molar-refractivity contribution is 5.84. The van der Waals surface area contributed by atoms with E-state index in [2.05, 4.69) is 95.7 Å². The van der Waals surface area contributed by atoms with Gasteiger partial charge in [-0.05, 0) is 112 Å². The smallest absolute Gasteiger partial charge is 0.335 e. The number of phenolic OH excluding ortho intramolecular Hbond substituents is 3. The van der Waals surface area contributed by atoms with Crippen molar-refractivity contribution in [2.24, 2.45) is 16.2 Å². The molecule has 0 amide bonds. The Kier molecular flexibility index (Phi) is 21.3. The van der Waals surface area contributed by atoms with E-state index in [4.69, 9.17) is 33.2 Å². The van der Waals surface area contributed by atoms with E-state index in [0.717, 1.165) is 66.8 Å². The second kappa shape index (κ2) is 26.0. The molecule has 0 atom stereocenters. The van der Waals surface area contributed by atoms with E-state index in [1.54, 1.807) is 0 Å². The third-order valence-electron chi connectivity index (χ3n) is 15.2. The van der Waals surface area contributed by atoms with Crippen LogP contribution < -0.4 is 4.74 Å². The van der Waals surface area contributed by atoms with Gasteiger partial charge in [-0.1, -0.05) is 177 Å². The van der Waals surface area contributed by atoms with Crippen molar-refractivity contribution in [1.82, 2.24) is 0 Å². The number of carbonyl (C=O) groups excluding carboxylic acids is 3. The molecular formula is C69H98O13. The first kappa shape index (κ1) is 67.1. The molecule has 0 radical (unpaired) electrons. The predicted octanol–water partition coefficient (Wildman–Crippen LogP) is 14.0. The quantitative estimate of drug-likeness (QED) is 0.0549. The fourth-order valence-corrected chi connectivity index (χ4v) is 10.3. The van der Waals surface area contributed by atoms with Gasteiger partial charge >= 0.3 is 17.9 Å². The zero-order valence-corrected chi connectivity index (χ0v) is 53.3. The summed E-state index contributed by atoms with van der Waals surface area (Å²) in [6, 6.07) is 15.9. The molecule has 0 bridgehead atoms. The van der Waals surface area contributed by atoms with Crippen LogP contribution >= 0.6 is 0 Å². The van der Waals surface area contributed by atoms with Crippen molar-refractivity contribution in [2.45, 2.75) is 205 Å². The molecule has 0 saturated carbocycles. The van der Waals surface area contributed by atoms with Gasteiger partial charge in [-0.25, -0.2) is 4.79 Å². The highest BCUT2D eigenvalue weighted by Crippen LogP contribution is 2.43. The molecule has 4 aromatic rings. The first-order valence-electron chi connectivity index (χ1n) is 28.9. The van der Waals surface area contributed by atoms with Gasteiger partial charge in [0, 0.05) is 41.7 Å². The molecule has 0 unspecified atom stereocenters. The number of aryl methyl sites for hydroxylation is 6. The van der Waals surface area contributed by atoms with Crippen molar-refractivity contribution in [1.29, 1.82) is 0 Å². The zero-order chi connectivity index (χ0) is 61.7. The van der Waals surface area contributed by atoms with Crippen LogP contribution in [-0.4, -0.2) is 85.4 Å². The van der Waals surface area contributed by atoms with E-state index in [0.29, 0.717) is 68.7 Å². The molecule has 452 valence electrons. The van der Waals surface area contributed by atoms with Gasteiger partial charge in [-0.2, -0.15) is 0 Å². The number of benzene rings is 4. The van der Waals surface area contributed by atoms with E-state index in [-0.39, 0.29) is 59.7 Å². The summed E-state index contributed by atoms with van der Waals surface area (Å²) in [5.74, 6) is 0.390. The summed E-state index contributed by atoms with van der Waals surface area (Å²) < 4.78 is 41.8. The summed E-state index contributed by atoms with van der Waals surface area (Å²) in [7, 11) is 0. The summed E-state index contributed by atoms with van der Waals surface area (Å²) in [6.07, 6.45) is 1.98. The van der Waals surface area contributed by atoms with Crippen molar-refractivity contribution in [2.75, 3.05) is 39.6 Å². The summed E-state index contributed by atoms with van der Waals surface area (Å²) in [6.45, 7) is 45.8. The van der Waals surface area contributed by atoms with E-state index in [9.17, 15) is 29.7 Å². The van der Waals surface area contributed by atoms with Gasteiger partial charge in [-0.15, -0.1) is 0 Å². The number of aromatic hydroxyl groups is 3. The van der Waals surface area contributed by atoms with Crippen LogP contribution in [0.2, 0.25) is 0 Å². The molecule has 13 heteroatoms. The minimum Gasteiger partial charge on any atom is -0.507 e. The lowest BCUT2D eigenvalue weighted by molar-refractivity contribution is -0.337. The molecule has 2 saturated heterocycles. The lowest BCUT2D eigenvalue weighted by Gasteiger charge is -2.48. The minimum atomic E-state index is -0.591. The van der Waals surface area contributed by atoms with Gasteiger partial charge in [0.2, 0.25) is 0 Å².